The first kappa shape index (κ1) is 14.7. The molecule has 0 aliphatic heterocycles. The number of benzene rings is 1. The van der Waals surface area contributed by atoms with Crippen molar-refractivity contribution < 1.29 is 8.81 Å². The van der Waals surface area contributed by atoms with Gasteiger partial charge in [-0.1, -0.05) is 29.7 Å². The molecule has 1 heterocycles. The van der Waals surface area contributed by atoms with Crippen molar-refractivity contribution in [2.45, 2.75) is 26.3 Å². The van der Waals surface area contributed by atoms with Gasteiger partial charge in [0, 0.05) is 0 Å². The molecule has 0 fully saturated rings. The number of hydrogen-bond acceptors (Lipinski definition) is 5. The Morgan fingerprint density at radius 2 is 2.20 bits per heavy atom. The molecule has 0 saturated carbocycles. The zero-order valence-electron chi connectivity index (χ0n) is 11.3. The molecule has 0 radical (unpaired) electrons. The largest absolute Gasteiger partial charge is 0.406 e. The van der Waals surface area contributed by atoms with Crippen molar-refractivity contribution in [1.82, 2.24) is 15.5 Å². The number of halogens is 2. The van der Waals surface area contributed by atoms with E-state index in [2.05, 4.69) is 27.8 Å². The molecule has 0 aliphatic carbocycles. The maximum Gasteiger partial charge on any atom is 0.320 e. The predicted octanol–water partition coefficient (Wildman–Crippen LogP) is 3.67. The summed E-state index contributed by atoms with van der Waals surface area (Å²) in [6, 6.07) is 4.73. The van der Waals surface area contributed by atoms with Gasteiger partial charge in [-0.25, -0.2) is 4.39 Å². The molecule has 2 rings (SSSR count). The Bertz CT molecular complexity index is 575. The van der Waals surface area contributed by atoms with Crippen LogP contribution in [0.4, 0.5) is 16.1 Å². The summed E-state index contributed by atoms with van der Waals surface area (Å²) in [6.45, 7) is 4.85. The second-order valence-electron chi connectivity index (χ2n) is 4.35. The lowest BCUT2D eigenvalue weighted by Gasteiger charge is -2.07. The van der Waals surface area contributed by atoms with Crippen LogP contribution < -0.4 is 10.6 Å². The van der Waals surface area contributed by atoms with Crippen molar-refractivity contribution in [3.8, 4) is 0 Å². The first-order valence-corrected chi connectivity index (χ1v) is 6.77. The van der Waals surface area contributed by atoms with Crippen molar-refractivity contribution >= 4 is 23.3 Å². The van der Waals surface area contributed by atoms with Crippen molar-refractivity contribution in [1.29, 1.82) is 0 Å². The summed E-state index contributed by atoms with van der Waals surface area (Å²) in [5.74, 6) is -0.102. The number of nitrogens with one attached hydrogen (secondary N) is 2. The summed E-state index contributed by atoms with van der Waals surface area (Å²) in [6.07, 6.45) is 1.01. The topological polar surface area (TPSA) is 63.0 Å². The van der Waals surface area contributed by atoms with Crippen molar-refractivity contribution in [2.75, 3.05) is 11.9 Å². The van der Waals surface area contributed by atoms with E-state index in [1.54, 1.807) is 12.1 Å². The molecule has 108 valence electrons. The molecule has 0 saturated heterocycles. The highest BCUT2D eigenvalue weighted by Gasteiger charge is 2.14. The van der Waals surface area contributed by atoms with Crippen molar-refractivity contribution in [2.24, 2.45) is 0 Å². The second kappa shape index (κ2) is 6.67. The van der Waals surface area contributed by atoms with Crippen LogP contribution in [-0.4, -0.2) is 16.7 Å². The fourth-order valence-corrected chi connectivity index (χ4v) is 1.80. The van der Waals surface area contributed by atoms with E-state index in [0.717, 1.165) is 13.0 Å². The van der Waals surface area contributed by atoms with E-state index < -0.39 is 5.82 Å². The highest BCUT2D eigenvalue weighted by Crippen LogP contribution is 2.25. The Morgan fingerprint density at radius 1 is 1.40 bits per heavy atom. The zero-order chi connectivity index (χ0) is 14.5. The van der Waals surface area contributed by atoms with E-state index in [1.165, 1.54) is 6.07 Å². The molecule has 20 heavy (non-hydrogen) atoms. The van der Waals surface area contributed by atoms with E-state index in [1.807, 2.05) is 6.92 Å². The summed E-state index contributed by atoms with van der Waals surface area (Å²) in [5, 5.41) is 13.7. The molecular formula is C13H16ClFN4O. The molecular weight excluding hydrogens is 283 g/mol. The first-order chi connectivity index (χ1) is 9.61. The van der Waals surface area contributed by atoms with Crippen molar-refractivity contribution in [3.63, 3.8) is 0 Å². The summed E-state index contributed by atoms with van der Waals surface area (Å²) in [5.41, 5.74) is 0.196. The van der Waals surface area contributed by atoms with Crippen LogP contribution in [0.1, 0.15) is 32.2 Å². The lowest BCUT2D eigenvalue weighted by molar-refractivity contribution is 0.424. The first-order valence-electron chi connectivity index (χ1n) is 6.39. The molecule has 0 spiro atoms. The van der Waals surface area contributed by atoms with Crippen LogP contribution >= 0.6 is 11.6 Å². The van der Waals surface area contributed by atoms with Gasteiger partial charge < -0.3 is 15.1 Å². The van der Waals surface area contributed by atoms with Gasteiger partial charge in [0.25, 0.3) is 0 Å². The maximum atomic E-state index is 13.7. The van der Waals surface area contributed by atoms with Gasteiger partial charge in [-0.05, 0) is 32.0 Å². The standard InChI is InChI=1S/C13H16ClFN4O/c1-3-7-16-8(2)12-18-19-13(20-12)17-10-6-4-5-9(14)11(10)15/h4-6,8,16H,3,7H2,1-2H3,(H,17,19). The third-order valence-corrected chi connectivity index (χ3v) is 3.00. The summed E-state index contributed by atoms with van der Waals surface area (Å²) >= 11 is 5.70. The third kappa shape index (κ3) is 3.46. The molecule has 2 aromatic rings. The van der Waals surface area contributed by atoms with E-state index in [4.69, 9.17) is 16.0 Å². The van der Waals surface area contributed by atoms with Crippen LogP contribution in [0, 0.1) is 5.82 Å². The average Bonchev–Trinajstić information content (AvgIpc) is 2.90. The molecule has 7 heteroatoms. The predicted molar refractivity (Wildman–Crippen MR) is 75.7 cm³/mol. The van der Waals surface area contributed by atoms with Crippen LogP contribution in [0.5, 0.6) is 0 Å². The minimum atomic E-state index is -0.550. The molecule has 0 bridgehead atoms. The highest BCUT2D eigenvalue weighted by molar-refractivity contribution is 6.31. The smallest absolute Gasteiger partial charge is 0.320 e. The molecule has 1 atom stereocenters. The second-order valence-corrected chi connectivity index (χ2v) is 4.75. The average molecular weight is 299 g/mol. The van der Waals surface area contributed by atoms with E-state index in [9.17, 15) is 4.39 Å². The highest BCUT2D eigenvalue weighted by atomic mass is 35.5. The molecule has 0 amide bonds. The minimum Gasteiger partial charge on any atom is -0.406 e. The van der Waals surface area contributed by atoms with Crippen LogP contribution in [0.25, 0.3) is 0 Å². The van der Waals surface area contributed by atoms with Gasteiger partial charge in [-0.15, -0.1) is 5.10 Å². The number of nitrogens with zero attached hydrogens (tertiary/aromatic N) is 2. The maximum absolute atomic E-state index is 13.7. The van der Waals surface area contributed by atoms with Crippen LogP contribution in [0.3, 0.4) is 0 Å². The molecule has 2 N–H and O–H groups in total. The molecule has 0 aliphatic rings. The van der Waals surface area contributed by atoms with E-state index in [0.29, 0.717) is 5.89 Å². The number of rotatable bonds is 6. The molecule has 1 aromatic heterocycles. The fourth-order valence-electron chi connectivity index (χ4n) is 1.62. The normalized spacial score (nSPS) is 12.4. The molecule has 5 nitrogen and oxygen atoms in total. The van der Waals surface area contributed by atoms with Crippen LogP contribution in [-0.2, 0) is 0 Å². The van der Waals surface area contributed by atoms with Gasteiger partial charge in [-0.3, -0.25) is 0 Å². The lowest BCUT2D eigenvalue weighted by atomic mass is 10.3. The third-order valence-electron chi connectivity index (χ3n) is 2.70. The summed E-state index contributed by atoms with van der Waals surface area (Å²) in [4.78, 5) is 0. The van der Waals surface area contributed by atoms with E-state index in [-0.39, 0.29) is 22.8 Å². The number of anilines is 2. The fraction of sp³-hybridized carbons (Fsp3) is 0.385. The Kier molecular flexibility index (Phi) is 4.92. The summed E-state index contributed by atoms with van der Waals surface area (Å²) < 4.78 is 19.2. The van der Waals surface area contributed by atoms with E-state index >= 15 is 0 Å². The van der Waals surface area contributed by atoms with Gasteiger partial charge in [-0.2, -0.15) is 0 Å². The van der Waals surface area contributed by atoms with Gasteiger partial charge in [0.2, 0.25) is 5.89 Å². The number of aromatic nitrogens is 2. The monoisotopic (exact) mass is 298 g/mol. The minimum absolute atomic E-state index is 0.0349. The zero-order valence-corrected chi connectivity index (χ0v) is 12.0. The Labute approximate surface area is 121 Å². The SMILES string of the molecule is CCCNC(C)c1nnc(Nc2cccc(Cl)c2F)o1. The molecule has 1 unspecified atom stereocenters. The summed E-state index contributed by atoms with van der Waals surface area (Å²) in [7, 11) is 0. The van der Waals surface area contributed by atoms with Crippen molar-refractivity contribution in [3.05, 3.63) is 34.9 Å². The Morgan fingerprint density at radius 3 is 2.95 bits per heavy atom. The van der Waals surface area contributed by atoms with Gasteiger partial charge in [0.05, 0.1) is 16.8 Å². The lowest BCUT2D eigenvalue weighted by Crippen LogP contribution is -2.19. The van der Waals surface area contributed by atoms with Gasteiger partial charge in [0.15, 0.2) is 5.82 Å². The quantitative estimate of drug-likeness (QED) is 0.852. The molecule has 1 aromatic carbocycles. The Hall–Kier alpha value is -1.66. The van der Waals surface area contributed by atoms with Crippen LogP contribution in [0.15, 0.2) is 22.6 Å². The number of hydrogen-bond donors (Lipinski definition) is 2. The van der Waals surface area contributed by atoms with Gasteiger partial charge >= 0.3 is 6.01 Å². The van der Waals surface area contributed by atoms with Crippen LogP contribution in [0.2, 0.25) is 5.02 Å². The Balaban J connectivity index is 2.07. The van der Waals surface area contributed by atoms with Gasteiger partial charge in [0.1, 0.15) is 0 Å².